The molecule has 1 N–H and O–H groups in total. The van der Waals surface area contributed by atoms with Crippen molar-refractivity contribution < 1.29 is 0 Å². The van der Waals surface area contributed by atoms with Crippen molar-refractivity contribution >= 4 is 49.8 Å². The lowest BCUT2D eigenvalue weighted by Gasteiger charge is -2.02. The fraction of sp³-hybridized carbons (Fsp3) is 0.0625. The van der Waals surface area contributed by atoms with Crippen LogP contribution in [-0.2, 0) is 5.75 Å². The molecule has 6 heteroatoms. The largest absolute Gasteiger partial charge is 0.338 e. The van der Waals surface area contributed by atoms with Gasteiger partial charge in [-0.2, -0.15) is 0 Å². The zero-order chi connectivity index (χ0) is 14.9. The summed E-state index contributed by atoms with van der Waals surface area (Å²) in [6.45, 7) is 0. The van der Waals surface area contributed by atoms with E-state index in [0.29, 0.717) is 5.16 Å². The number of thioether (sulfide) groups is 1. The van der Waals surface area contributed by atoms with E-state index in [1.165, 1.54) is 5.56 Å². The average Bonchev–Trinajstić information content (AvgIpc) is 2.92. The first-order valence-electron chi connectivity index (χ1n) is 6.78. The number of H-pyrrole nitrogens is 1. The van der Waals surface area contributed by atoms with Gasteiger partial charge in [-0.15, -0.1) is 10.2 Å². The number of rotatable bonds is 3. The molecular formula is C16H11BrN4S. The minimum atomic E-state index is 0.676. The molecule has 0 aliphatic heterocycles. The molecule has 0 spiro atoms. The van der Waals surface area contributed by atoms with Crippen LogP contribution >= 0.6 is 27.7 Å². The molecule has 0 radical (unpaired) electrons. The molecule has 0 fully saturated rings. The Bertz CT molecular complexity index is 967. The number of nitrogens with one attached hydrogen (secondary N) is 1. The van der Waals surface area contributed by atoms with Crippen LogP contribution in [0, 0.1) is 0 Å². The number of aromatic amines is 1. The summed E-state index contributed by atoms with van der Waals surface area (Å²) in [4.78, 5) is 7.87. The van der Waals surface area contributed by atoms with Gasteiger partial charge in [-0.3, -0.25) is 0 Å². The Kier molecular flexibility index (Phi) is 3.56. The van der Waals surface area contributed by atoms with Crippen LogP contribution in [0.25, 0.3) is 22.1 Å². The first-order chi connectivity index (χ1) is 10.8. The van der Waals surface area contributed by atoms with E-state index < -0.39 is 0 Å². The Balaban J connectivity index is 1.65. The molecule has 0 aliphatic rings. The van der Waals surface area contributed by atoms with Gasteiger partial charge in [0.2, 0.25) is 5.16 Å². The normalized spacial score (nSPS) is 11.3. The van der Waals surface area contributed by atoms with Crippen molar-refractivity contribution in [3.05, 3.63) is 58.6 Å². The minimum Gasteiger partial charge on any atom is -0.338 e. The highest BCUT2D eigenvalue weighted by Crippen LogP contribution is 2.26. The van der Waals surface area contributed by atoms with Gasteiger partial charge in [0.05, 0.1) is 0 Å². The summed E-state index contributed by atoms with van der Waals surface area (Å²) < 4.78 is 1.10. The molecule has 0 bridgehead atoms. The van der Waals surface area contributed by atoms with Gasteiger partial charge in [0.1, 0.15) is 5.52 Å². The Morgan fingerprint density at radius 3 is 2.73 bits per heavy atom. The molecule has 0 atom stereocenters. The molecule has 0 unspecified atom stereocenters. The van der Waals surface area contributed by atoms with Crippen molar-refractivity contribution in [2.45, 2.75) is 10.9 Å². The summed E-state index contributed by atoms with van der Waals surface area (Å²) in [6, 6.07) is 16.2. The van der Waals surface area contributed by atoms with Crippen LogP contribution in [0.5, 0.6) is 0 Å². The third-order valence-electron chi connectivity index (χ3n) is 3.42. The highest BCUT2D eigenvalue weighted by molar-refractivity contribution is 9.10. The minimum absolute atomic E-state index is 0.676. The molecule has 22 heavy (non-hydrogen) atoms. The number of nitrogens with zero attached hydrogens (tertiary/aromatic N) is 3. The van der Waals surface area contributed by atoms with Crippen LogP contribution in [0.2, 0.25) is 0 Å². The van der Waals surface area contributed by atoms with Gasteiger partial charge in [-0.1, -0.05) is 64.1 Å². The number of fused-ring (bicyclic) bond motifs is 3. The van der Waals surface area contributed by atoms with Crippen LogP contribution in [0.3, 0.4) is 0 Å². The van der Waals surface area contributed by atoms with Gasteiger partial charge in [0.25, 0.3) is 0 Å². The second kappa shape index (κ2) is 5.70. The highest BCUT2D eigenvalue weighted by Gasteiger charge is 2.09. The van der Waals surface area contributed by atoms with Crippen LogP contribution in [0.15, 0.2) is 58.2 Å². The van der Waals surface area contributed by atoms with E-state index in [-0.39, 0.29) is 0 Å². The maximum atomic E-state index is 4.58. The van der Waals surface area contributed by atoms with Crippen LogP contribution in [0.4, 0.5) is 0 Å². The number of hydrogen-bond donors (Lipinski definition) is 1. The summed E-state index contributed by atoms with van der Waals surface area (Å²) in [6.07, 6.45) is 0. The van der Waals surface area contributed by atoms with Crippen molar-refractivity contribution in [2.24, 2.45) is 0 Å². The second-order valence-electron chi connectivity index (χ2n) is 4.84. The van der Waals surface area contributed by atoms with E-state index in [1.54, 1.807) is 11.8 Å². The summed E-state index contributed by atoms with van der Waals surface area (Å²) in [5.41, 5.74) is 3.85. The van der Waals surface area contributed by atoms with Crippen molar-refractivity contribution in [2.75, 3.05) is 0 Å². The molecule has 4 nitrogen and oxygen atoms in total. The smallest absolute Gasteiger partial charge is 0.211 e. The SMILES string of the molecule is Brc1ccccc1CSc1nnc2c(n1)[nH]c1ccccc12. The maximum absolute atomic E-state index is 4.58. The number of benzene rings is 2. The number of halogens is 1. The third-order valence-corrected chi connectivity index (χ3v) is 5.08. The summed E-state index contributed by atoms with van der Waals surface area (Å²) in [5.74, 6) is 0.800. The Labute approximate surface area is 139 Å². The summed E-state index contributed by atoms with van der Waals surface area (Å²) in [7, 11) is 0. The van der Waals surface area contributed by atoms with E-state index in [4.69, 9.17) is 0 Å². The van der Waals surface area contributed by atoms with E-state index in [2.05, 4.69) is 42.2 Å². The van der Waals surface area contributed by atoms with Crippen molar-refractivity contribution in [3.63, 3.8) is 0 Å². The fourth-order valence-electron chi connectivity index (χ4n) is 2.32. The maximum Gasteiger partial charge on any atom is 0.211 e. The first-order valence-corrected chi connectivity index (χ1v) is 8.56. The van der Waals surface area contributed by atoms with Gasteiger partial charge in [0.15, 0.2) is 5.65 Å². The lowest BCUT2D eigenvalue weighted by atomic mass is 10.2. The molecule has 0 saturated heterocycles. The molecule has 2 aromatic carbocycles. The Hall–Kier alpha value is -1.92. The highest BCUT2D eigenvalue weighted by atomic mass is 79.9. The van der Waals surface area contributed by atoms with E-state index >= 15 is 0 Å². The molecular weight excluding hydrogens is 360 g/mol. The van der Waals surface area contributed by atoms with E-state index in [9.17, 15) is 0 Å². The zero-order valence-electron chi connectivity index (χ0n) is 11.5. The molecule has 108 valence electrons. The van der Waals surface area contributed by atoms with Crippen molar-refractivity contribution in [1.82, 2.24) is 20.2 Å². The molecule has 2 aromatic heterocycles. The number of para-hydroxylation sites is 1. The Morgan fingerprint density at radius 2 is 1.82 bits per heavy atom. The molecule has 4 aromatic rings. The molecule has 0 amide bonds. The zero-order valence-corrected chi connectivity index (χ0v) is 13.9. The van der Waals surface area contributed by atoms with Gasteiger partial charge in [0, 0.05) is 21.1 Å². The average molecular weight is 371 g/mol. The van der Waals surface area contributed by atoms with Crippen molar-refractivity contribution in [1.29, 1.82) is 0 Å². The lowest BCUT2D eigenvalue weighted by molar-refractivity contribution is 0.878. The quantitative estimate of drug-likeness (QED) is 0.537. The third kappa shape index (κ3) is 2.48. The van der Waals surface area contributed by atoms with Gasteiger partial charge < -0.3 is 4.98 Å². The first kappa shape index (κ1) is 13.7. The predicted molar refractivity (Wildman–Crippen MR) is 92.9 cm³/mol. The molecule has 0 saturated carbocycles. The van der Waals surface area contributed by atoms with Gasteiger partial charge in [-0.05, 0) is 17.7 Å². The molecule has 0 aliphatic carbocycles. The summed E-state index contributed by atoms with van der Waals surface area (Å²) in [5, 5.41) is 10.3. The van der Waals surface area contributed by atoms with E-state index in [1.807, 2.05) is 42.5 Å². The van der Waals surface area contributed by atoms with E-state index in [0.717, 1.165) is 32.3 Å². The Morgan fingerprint density at radius 1 is 1.00 bits per heavy atom. The van der Waals surface area contributed by atoms with Crippen molar-refractivity contribution in [3.8, 4) is 0 Å². The summed E-state index contributed by atoms with van der Waals surface area (Å²) >= 11 is 5.13. The second-order valence-corrected chi connectivity index (χ2v) is 6.64. The molecule has 4 rings (SSSR count). The van der Waals surface area contributed by atoms with Gasteiger partial charge in [-0.25, -0.2) is 4.98 Å². The number of aromatic nitrogens is 4. The topological polar surface area (TPSA) is 54.5 Å². The predicted octanol–water partition coefficient (Wildman–Crippen LogP) is 4.56. The fourth-order valence-corrected chi connectivity index (χ4v) is 3.73. The lowest BCUT2D eigenvalue weighted by Crippen LogP contribution is -1.92. The van der Waals surface area contributed by atoms with Crippen LogP contribution in [-0.4, -0.2) is 20.2 Å². The van der Waals surface area contributed by atoms with Gasteiger partial charge >= 0.3 is 0 Å². The van der Waals surface area contributed by atoms with Crippen LogP contribution < -0.4 is 0 Å². The molecule has 2 heterocycles. The standard InChI is InChI=1S/C16H11BrN4S/c17-12-7-3-1-5-10(12)9-22-16-19-15-14(20-21-16)11-6-2-4-8-13(11)18-15/h1-8H,9H2,(H,18,19,21). The van der Waals surface area contributed by atoms with Crippen LogP contribution in [0.1, 0.15) is 5.56 Å². The monoisotopic (exact) mass is 370 g/mol. The number of hydrogen-bond acceptors (Lipinski definition) is 4.